The number of carbonyl (C=O) groups is 2. The fraction of sp³-hybridized carbons (Fsp3) is 0.0909. The van der Waals surface area contributed by atoms with Gasteiger partial charge in [-0.25, -0.2) is 4.39 Å². The molecule has 31 heavy (non-hydrogen) atoms. The van der Waals surface area contributed by atoms with Gasteiger partial charge in [0.25, 0.3) is 17.5 Å². The molecule has 158 valence electrons. The predicted molar refractivity (Wildman–Crippen MR) is 111 cm³/mol. The Morgan fingerprint density at radius 3 is 2.42 bits per heavy atom. The Kier molecular flexibility index (Phi) is 6.56. The lowest BCUT2D eigenvalue weighted by Gasteiger charge is -2.12. The number of rotatable bonds is 6. The van der Waals surface area contributed by atoms with Crippen LogP contribution in [-0.4, -0.2) is 23.3 Å². The van der Waals surface area contributed by atoms with Crippen molar-refractivity contribution in [1.82, 2.24) is 10.9 Å². The van der Waals surface area contributed by atoms with E-state index in [0.717, 1.165) is 23.3 Å². The minimum absolute atomic E-state index is 0.184. The highest BCUT2D eigenvalue weighted by Crippen LogP contribution is 2.29. The average Bonchev–Trinajstić information content (AvgIpc) is 2.78. The van der Waals surface area contributed by atoms with Gasteiger partial charge in [-0.2, -0.15) is 0 Å². The molecule has 0 bridgehead atoms. The van der Waals surface area contributed by atoms with Gasteiger partial charge in [0.05, 0.1) is 16.1 Å². The topological polar surface area (TPSA) is 111 Å². The summed E-state index contributed by atoms with van der Waals surface area (Å²) in [6, 6.07) is 18.4. The second-order valence-corrected chi connectivity index (χ2v) is 6.51. The van der Waals surface area contributed by atoms with Gasteiger partial charge in [-0.15, -0.1) is 0 Å². The van der Waals surface area contributed by atoms with Crippen molar-refractivity contribution in [2.24, 2.45) is 0 Å². The molecule has 3 rings (SSSR count). The van der Waals surface area contributed by atoms with Crippen LogP contribution in [0.3, 0.4) is 0 Å². The molecule has 0 radical (unpaired) electrons. The largest absolute Gasteiger partial charge is 0.483 e. The minimum atomic E-state index is -0.903. The average molecular weight is 423 g/mol. The van der Waals surface area contributed by atoms with Crippen LogP contribution in [-0.2, 0) is 4.79 Å². The number of para-hydroxylation sites is 1. The lowest BCUT2D eigenvalue weighted by molar-refractivity contribution is -0.385. The Hall–Kier alpha value is -4.27. The smallest absolute Gasteiger partial charge is 0.276 e. The van der Waals surface area contributed by atoms with E-state index in [1.165, 1.54) is 6.92 Å². The Bertz CT molecular complexity index is 1140. The zero-order valence-corrected chi connectivity index (χ0v) is 16.4. The number of amides is 2. The molecule has 0 spiro atoms. The molecule has 0 aliphatic heterocycles. The fourth-order valence-corrected chi connectivity index (χ4v) is 2.81. The summed E-state index contributed by atoms with van der Waals surface area (Å²) in [6.45, 7) is 0.841. The number of ether oxygens (including phenoxy) is 1. The van der Waals surface area contributed by atoms with Crippen molar-refractivity contribution in [3.05, 3.63) is 93.8 Å². The number of nitrogens with zero attached hydrogens (tertiary/aromatic N) is 1. The lowest BCUT2D eigenvalue weighted by Crippen LogP contribution is -2.43. The standard InChI is InChI=1S/C22H18FN3O5/c1-14-18(23)11-16(12-19(14)26(29)30)22(28)25-24-21(27)13-31-20-10-6-5-9-17(20)15-7-3-2-4-8-15/h2-12H,13H2,1H3,(H,24,27)(H,25,28). The number of nitrogens with one attached hydrogen (secondary N) is 2. The molecule has 3 aromatic carbocycles. The molecule has 2 N–H and O–H groups in total. The molecular formula is C22H18FN3O5. The highest BCUT2D eigenvalue weighted by molar-refractivity contribution is 5.96. The predicted octanol–water partition coefficient (Wildman–Crippen LogP) is 3.55. The first kappa shape index (κ1) is 21.4. The first-order chi connectivity index (χ1) is 14.9. The van der Waals surface area contributed by atoms with Gasteiger partial charge in [-0.05, 0) is 24.6 Å². The summed E-state index contributed by atoms with van der Waals surface area (Å²) in [5.41, 5.74) is 4.91. The van der Waals surface area contributed by atoms with Gasteiger partial charge in [0.15, 0.2) is 6.61 Å². The van der Waals surface area contributed by atoms with Crippen molar-refractivity contribution in [1.29, 1.82) is 0 Å². The van der Waals surface area contributed by atoms with E-state index in [1.54, 1.807) is 12.1 Å². The maximum absolute atomic E-state index is 13.9. The maximum Gasteiger partial charge on any atom is 0.276 e. The summed E-state index contributed by atoms with van der Waals surface area (Å²) < 4.78 is 19.4. The van der Waals surface area contributed by atoms with Gasteiger partial charge in [-0.1, -0.05) is 48.5 Å². The molecule has 0 aromatic heterocycles. The maximum atomic E-state index is 13.9. The molecule has 0 heterocycles. The van der Waals surface area contributed by atoms with E-state index in [9.17, 15) is 24.1 Å². The number of nitro groups is 1. The monoisotopic (exact) mass is 423 g/mol. The van der Waals surface area contributed by atoms with Crippen molar-refractivity contribution in [2.75, 3.05) is 6.61 Å². The van der Waals surface area contributed by atoms with Crippen LogP contribution in [0.25, 0.3) is 11.1 Å². The third kappa shape index (κ3) is 5.21. The summed E-state index contributed by atoms with van der Waals surface area (Å²) in [7, 11) is 0. The van der Waals surface area contributed by atoms with E-state index < -0.39 is 34.8 Å². The molecular weight excluding hydrogens is 405 g/mol. The number of hydrazine groups is 1. The number of carbonyl (C=O) groups excluding carboxylic acids is 2. The van der Waals surface area contributed by atoms with E-state index in [1.807, 2.05) is 42.5 Å². The molecule has 3 aromatic rings. The third-order valence-corrected chi connectivity index (χ3v) is 4.42. The van der Waals surface area contributed by atoms with Gasteiger partial charge in [0.1, 0.15) is 11.6 Å². The Morgan fingerprint density at radius 1 is 1.03 bits per heavy atom. The first-order valence-corrected chi connectivity index (χ1v) is 9.18. The SMILES string of the molecule is Cc1c(F)cc(C(=O)NNC(=O)COc2ccccc2-c2ccccc2)cc1[N+](=O)[O-]. The molecule has 2 amide bonds. The summed E-state index contributed by atoms with van der Waals surface area (Å²) in [5.74, 6) is -1.99. The fourth-order valence-electron chi connectivity index (χ4n) is 2.81. The molecule has 8 nitrogen and oxygen atoms in total. The number of benzene rings is 3. The van der Waals surface area contributed by atoms with E-state index in [0.29, 0.717) is 5.75 Å². The van der Waals surface area contributed by atoms with E-state index in [4.69, 9.17) is 4.74 Å². The van der Waals surface area contributed by atoms with Gasteiger partial charge in [0, 0.05) is 11.6 Å². The van der Waals surface area contributed by atoms with Gasteiger partial charge >= 0.3 is 0 Å². The molecule has 0 aliphatic rings. The quantitative estimate of drug-likeness (QED) is 0.465. The van der Waals surface area contributed by atoms with Crippen molar-refractivity contribution >= 4 is 17.5 Å². The Balaban J connectivity index is 1.61. The lowest BCUT2D eigenvalue weighted by atomic mass is 10.1. The van der Waals surface area contributed by atoms with E-state index in [2.05, 4.69) is 10.9 Å². The molecule has 0 aliphatic carbocycles. The van der Waals surface area contributed by atoms with Crippen LogP contribution in [0.5, 0.6) is 5.75 Å². The number of nitro benzene ring substituents is 1. The van der Waals surface area contributed by atoms with Crippen LogP contribution in [0.2, 0.25) is 0 Å². The Labute approximate surface area is 176 Å². The summed E-state index contributed by atoms with van der Waals surface area (Å²) in [6.07, 6.45) is 0. The summed E-state index contributed by atoms with van der Waals surface area (Å²) in [4.78, 5) is 34.4. The molecule has 0 unspecified atom stereocenters. The second-order valence-electron chi connectivity index (χ2n) is 6.51. The molecule has 0 saturated heterocycles. The normalized spacial score (nSPS) is 10.3. The van der Waals surface area contributed by atoms with Gasteiger partial charge < -0.3 is 4.74 Å². The van der Waals surface area contributed by atoms with Crippen LogP contribution < -0.4 is 15.6 Å². The molecule has 0 atom stereocenters. The van der Waals surface area contributed by atoms with Crippen molar-refractivity contribution in [3.8, 4) is 16.9 Å². The molecule has 9 heteroatoms. The summed E-state index contributed by atoms with van der Waals surface area (Å²) in [5, 5.41) is 11.0. The number of halogens is 1. The van der Waals surface area contributed by atoms with Crippen LogP contribution in [0.15, 0.2) is 66.7 Å². The van der Waals surface area contributed by atoms with Crippen molar-refractivity contribution in [3.63, 3.8) is 0 Å². The van der Waals surface area contributed by atoms with Crippen molar-refractivity contribution < 1.29 is 23.6 Å². The molecule has 0 fully saturated rings. The second kappa shape index (κ2) is 9.49. The Morgan fingerprint density at radius 2 is 1.71 bits per heavy atom. The van der Waals surface area contributed by atoms with Crippen LogP contribution in [0, 0.1) is 22.9 Å². The van der Waals surface area contributed by atoms with Crippen molar-refractivity contribution in [2.45, 2.75) is 6.92 Å². The zero-order chi connectivity index (χ0) is 22.4. The van der Waals surface area contributed by atoms with Crippen LogP contribution in [0.1, 0.15) is 15.9 Å². The third-order valence-electron chi connectivity index (χ3n) is 4.42. The first-order valence-electron chi connectivity index (χ1n) is 9.18. The van der Waals surface area contributed by atoms with Crippen LogP contribution >= 0.6 is 0 Å². The van der Waals surface area contributed by atoms with E-state index in [-0.39, 0.29) is 11.1 Å². The molecule has 0 saturated carbocycles. The van der Waals surface area contributed by atoms with Gasteiger partial charge in [-0.3, -0.25) is 30.6 Å². The minimum Gasteiger partial charge on any atom is -0.483 e. The zero-order valence-electron chi connectivity index (χ0n) is 16.4. The van der Waals surface area contributed by atoms with Crippen LogP contribution in [0.4, 0.5) is 10.1 Å². The number of hydrogen-bond donors (Lipinski definition) is 2. The highest BCUT2D eigenvalue weighted by Gasteiger charge is 2.20. The highest BCUT2D eigenvalue weighted by atomic mass is 19.1. The van der Waals surface area contributed by atoms with Gasteiger partial charge in [0.2, 0.25) is 0 Å². The number of hydrogen-bond acceptors (Lipinski definition) is 5. The summed E-state index contributed by atoms with van der Waals surface area (Å²) >= 11 is 0. The van der Waals surface area contributed by atoms with E-state index >= 15 is 0 Å².